The van der Waals surface area contributed by atoms with Crippen molar-refractivity contribution in [1.82, 2.24) is 4.90 Å². The molecule has 1 saturated heterocycles. The zero-order chi connectivity index (χ0) is 12.1. The number of hydrogen-bond donors (Lipinski definition) is 0. The minimum Gasteiger partial charge on any atom is -0.379 e. The Labute approximate surface area is 111 Å². The van der Waals surface area contributed by atoms with Gasteiger partial charge in [0, 0.05) is 25.8 Å². The summed E-state index contributed by atoms with van der Waals surface area (Å²) in [5.41, 5.74) is 0. The lowest BCUT2D eigenvalue weighted by molar-refractivity contribution is 0.00348. The molecule has 6 heteroatoms. The summed E-state index contributed by atoms with van der Waals surface area (Å²) >= 11 is 12.1. The second kappa shape index (κ2) is 6.16. The Balaban J connectivity index is 1.72. The fourth-order valence-electron chi connectivity index (χ4n) is 1.80. The molecule has 0 saturated carbocycles. The molecule has 0 aromatic carbocycles. The third-order valence-electron chi connectivity index (χ3n) is 2.73. The number of allylic oxidation sites excluding steroid dienone is 1. The van der Waals surface area contributed by atoms with Crippen LogP contribution in [0.5, 0.6) is 0 Å². The highest BCUT2D eigenvalue weighted by molar-refractivity contribution is 6.40. The Morgan fingerprint density at radius 1 is 1.47 bits per heavy atom. The number of hydrogen-bond acceptors (Lipinski definition) is 4. The van der Waals surface area contributed by atoms with Crippen LogP contribution in [0.25, 0.3) is 0 Å². The van der Waals surface area contributed by atoms with E-state index >= 15 is 0 Å². The Morgan fingerprint density at radius 3 is 2.94 bits per heavy atom. The van der Waals surface area contributed by atoms with Crippen LogP contribution in [0.2, 0.25) is 0 Å². The van der Waals surface area contributed by atoms with E-state index in [1.165, 1.54) is 0 Å². The summed E-state index contributed by atoms with van der Waals surface area (Å²) in [4.78, 5) is 6.35. The highest BCUT2D eigenvalue weighted by atomic mass is 35.5. The first-order valence-electron chi connectivity index (χ1n) is 5.69. The Bertz CT molecular complexity index is 317. The summed E-state index contributed by atoms with van der Waals surface area (Å²) in [6.07, 6.45) is 3.29. The lowest BCUT2D eigenvalue weighted by Crippen LogP contribution is -2.40. The predicted molar refractivity (Wildman–Crippen MR) is 69.1 cm³/mol. The van der Waals surface area contributed by atoms with Crippen LogP contribution in [-0.2, 0) is 9.47 Å². The summed E-state index contributed by atoms with van der Waals surface area (Å²) in [6, 6.07) is 0. The van der Waals surface area contributed by atoms with Crippen molar-refractivity contribution in [3.8, 4) is 0 Å². The quantitative estimate of drug-likeness (QED) is 0.731. The fraction of sp³-hybridized carbons (Fsp3) is 0.727. The normalized spacial score (nSPS) is 30.4. The van der Waals surface area contributed by atoms with Gasteiger partial charge < -0.3 is 9.47 Å². The van der Waals surface area contributed by atoms with Gasteiger partial charge in [-0.05, 0) is 6.08 Å². The first-order valence-corrected chi connectivity index (χ1v) is 6.45. The number of halogens is 2. The number of rotatable bonds is 4. The minimum atomic E-state index is -0.877. The van der Waals surface area contributed by atoms with E-state index in [1.54, 1.807) is 12.3 Å². The average Bonchev–Trinajstić information content (AvgIpc) is 2.30. The van der Waals surface area contributed by atoms with Crippen molar-refractivity contribution in [3.63, 3.8) is 0 Å². The van der Waals surface area contributed by atoms with Gasteiger partial charge >= 0.3 is 0 Å². The van der Waals surface area contributed by atoms with Crippen molar-refractivity contribution in [2.45, 2.75) is 5.06 Å². The van der Waals surface area contributed by atoms with Crippen LogP contribution in [0, 0.1) is 0 Å². The van der Waals surface area contributed by atoms with Crippen molar-refractivity contribution in [1.29, 1.82) is 0 Å². The third-order valence-corrected chi connectivity index (χ3v) is 3.27. The van der Waals surface area contributed by atoms with Crippen molar-refractivity contribution >= 4 is 29.4 Å². The molecule has 4 nitrogen and oxygen atoms in total. The molecule has 0 bridgehead atoms. The third kappa shape index (κ3) is 4.23. The molecule has 0 amide bonds. The van der Waals surface area contributed by atoms with Gasteiger partial charge in [0.1, 0.15) is 0 Å². The smallest absolute Gasteiger partial charge is 0.181 e. The minimum absolute atomic E-state index is 0.411. The van der Waals surface area contributed by atoms with E-state index in [9.17, 15) is 0 Å². The molecule has 1 unspecified atom stereocenters. The molecular formula is C11H16Cl2N2O2. The van der Waals surface area contributed by atoms with Gasteiger partial charge in [0.05, 0.1) is 31.4 Å². The van der Waals surface area contributed by atoms with Crippen LogP contribution in [0.1, 0.15) is 0 Å². The topological polar surface area (TPSA) is 34.1 Å². The zero-order valence-electron chi connectivity index (χ0n) is 9.57. The number of alkyl halides is 1. The zero-order valence-corrected chi connectivity index (χ0v) is 11.1. The molecule has 0 aromatic rings. The molecule has 0 spiro atoms. The van der Waals surface area contributed by atoms with Gasteiger partial charge in [-0.1, -0.05) is 23.2 Å². The molecule has 2 heterocycles. The maximum absolute atomic E-state index is 6.25. The lowest BCUT2D eigenvalue weighted by atomic mass is 10.2. The highest BCUT2D eigenvalue weighted by Crippen LogP contribution is 2.25. The van der Waals surface area contributed by atoms with Crippen LogP contribution < -0.4 is 0 Å². The van der Waals surface area contributed by atoms with Gasteiger partial charge in [0.2, 0.25) is 0 Å². The molecule has 0 N–H and O–H groups in total. The van der Waals surface area contributed by atoms with Gasteiger partial charge in [-0.25, -0.2) is 0 Å². The Kier molecular flexibility index (Phi) is 4.82. The predicted octanol–water partition coefficient (Wildman–Crippen LogP) is 1.48. The second-order valence-electron chi connectivity index (χ2n) is 4.09. The fourth-order valence-corrected chi connectivity index (χ4v) is 2.37. The Morgan fingerprint density at radius 2 is 2.24 bits per heavy atom. The molecule has 1 atom stereocenters. The van der Waals surface area contributed by atoms with Crippen molar-refractivity contribution in [2.75, 3.05) is 46.0 Å². The standard InChI is InChI=1S/C11H16Cl2N2O2/c12-10-7-11(13,9-14-8-10)17-6-3-15-1-4-16-5-2-15/h7-8H,1-6,9H2. The molecule has 0 aromatic heterocycles. The monoisotopic (exact) mass is 278 g/mol. The van der Waals surface area contributed by atoms with Gasteiger partial charge in [0.25, 0.3) is 0 Å². The van der Waals surface area contributed by atoms with E-state index in [0.29, 0.717) is 18.2 Å². The van der Waals surface area contributed by atoms with Gasteiger partial charge in [-0.3, -0.25) is 9.89 Å². The maximum Gasteiger partial charge on any atom is 0.181 e. The summed E-state index contributed by atoms with van der Waals surface area (Å²) in [5.74, 6) is 0. The van der Waals surface area contributed by atoms with Crippen molar-refractivity contribution in [2.24, 2.45) is 4.99 Å². The van der Waals surface area contributed by atoms with Gasteiger partial charge in [0.15, 0.2) is 5.06 Å². The van der Waals surface area contributed by atoms with E-state index in [2.05, 4.69) is 9.89 Å². The summed E-state index contributed by atoms with van der Waals surface area (Å²) < 4.78 is 10.9. The van der Waals surface area contributed by atoms with Gasteiger partial charge in [-0.15, -0.1) is 0 Å². The van der Waals surface area contributed by atoms with E-state index in [4.69, 9.17) is 32.7 Å². The largest absolute Gasteiger partial charge is 0.379 e. The Hall–Kier alpha value is -0.130. The molecule has 2 aliphatic rings. The maximum atomic E-state index is 6.25. The first-order chi connectivity index (χ1) is 8.18. The molecule has 0 radical (unpaired) electrons. The van der Waals surface area contributed by atoms with Crippen LogP contribution in [0.4, 0.5) is 0 Å². The molecule has 0 aliphatic carbocycles. The summed E-state index contributed by atoms with van der Waals surface area (Å²) in [5, 5.41) is -0.351. The summed E-state index contributed by atoms with van der Waals surface area (Å²) in [6.45, 7) is 5.32. The van der Waals surface area contributed by atoms with Gasteiger partial charge in [-0.2, -0.15) is 0 Å². The molecule has 1 fully saturated rings. The van der Waals surface area contributed by atoms with Crippen LogP contribution in [0.3, 0.4) is 0 Å². The van der Waals surface area contributed by atoms with Crippen molar-refractivity contribution in [3.05, 3.63) is 11.1 Å². The lowest BCUT2D eigenvalue weighted by Gasteiger charge is -2.29. The number of aliphatic imine (C=N–C) groups is 1. The van der Waals surface area contributed by atoms with Crippen LogP contribution in [0.15, 0.2) is 16.1 Å². The molecular weight excluding hydrogens is 263 g/mol. The van der Waals surface area contributed by atoms with Crippen molar-refractivity contribution < 1.29 is 9.47 Å². The first kappa shape index (κ1) is 13.3. The highest BCUT2D eigenvalue weighted by Gasteiger charge is 2.27. The van der Waals surface area contributed by atoms with E-state index in [1.807, 2.05) is 0 Å². The molecule has 17 heavy (non-hydrogen) atoms. The van der Waals surface area contributed by atoms with E-state index in [0.717, 1.165) is 32.8 Å². The molecule has 2 rings (SSSR count). The van der Waals surface area contributed by atoms with Crippen LogP contribution >= 0.6 is 23.2 Å². The number of nitrogens with zero attached hydrogens (tertiary/aromatic N) is 2. The number of ether oxygens (including phenoxy) is 2. The van der Waals surface area contributed by atoms with E-state index in [-0.39, 0.29) is 0 Å². The van der Waals surface area contributed by atoms with Crippen LogP contribution in [-0.4, -0.2) is 62.2 Å². The van der Waals surface area contributed by atoms with E-state index < -0.39 is 5.06 Å². The summed E-state index contributed by atoms with van der Waals surface area (Å²) in [7, 11) is 0. The molecule has 96 valence electrons. The SMILES string of the molecule is ClC1=CC(Cl)(OCCN2CCOCC2)CN=C1. The molecule has 2 aliphatic heterocycles. The second-order valence-corrected chi connectivity index (χ2v) is 5.16. The number of morpholine rings is 1. The number of dihydropyridines is 1. The average molecular weight is 279 g/mol.